The molecule has 2 rings (SSSR count). The van der Waals surface area contributed by atoms with Gasteiger partial charge in [-0.15, -0.1) is 11.3 Å². The standard InChI is InChI=1S/C14H12BrNO3S/c1-7-5-9(15)3-4-10(7)13(17)16-11-6-8(2)12(20-11)14(18)19/h3-6H,1-2H3,(H,16,17)(H,18,19). The molecule has 1 amide bonds. The second-order valence-corrected chi connectivity index (χ2v) is 6.31. The summed E-state index contributed by atoms with van der Waals surface area (Å²) in [4.78, 5) is 23.4. The Morgan fingerprint density at radius 1 is 1.20 bits per heavy atom. The van der Waals surface area contributed by atoms with Crippen molar-refractivity contribution in [3.63, 3.8) is 0 Å². The lowest BCUT2D eigenvalue weighted by atomic mass is 10.1. The lowest BCUT2D eigenvalue weighted by molar-refractivity contribution is 0.0701. The van der Waals surface area contributed by atoms with Crippen LogP contribution in [0, 0.1) is 13.8 Å². The Bertz CT molecular complexity index is 694. The number of hydrogen-bond donors (Lipinski definition) is 2. The maximum atomic E-state index is 12.2. The minimum atomic E-state index is -0.979. The molecule has 0 radical (unpaired) electrons. The summed E-state index contributed by atoms with van der Waals surface area (Å²) >= 11 is 4.40. The third-order valence-corrected chi connectivity index (χ3v) is 4.42. The molecule has 0 unspecified atom stereocenters. The number of carbonyl (C=O) groups excluding carboxylic acids is 1. The fourth-order valence-corrected chi connectivity index (χ4v) is 3.20. The summed E-state index contributed by atoms with van der Waals surface area (Å²) in [5, 5.41) is 12.3. The highest BCUT2D eigenvalue weighted by Gasteiger charge is 2.15. The number of carbonyl (C=O) groups is 2. The predicted molar refractivity (Wildman–Crippen MR) is 82.8 cm³/mol. The van der Waals surface area contributed by atoms with Crippen molar-refractivity contribution >= 4 is 44.1 Å². The summed E-state index contributed by atoms with van der Waals surface area (Å²) in [5.74, 6) is -1.22. The molecule has 0 saturated carbocycles. The van der Waals surface area contributed by atoms with E-state index in [1.165, 1.54) is 0 Å². The summed E-state index contributed by atoms with van der Waals surface area (Å²) < 4.78 is 0.909. The van der Waals surface area contributed by atoms with Crippen LogP contribution in [0.4, 0.5) is 5.00 Å². The first kappa shape index (κ1) is 14.7. The van der Waals surface area contributed by atoms with Crippen LogP contribution in [-0.4, -0.2) is 17.0 Å². The third-order valence-electron chi connectivity index (χ3n) is 2.78. The zero-order chi connectivity index (χ0) is 14.9. The van der Waals surface area contributed by atoms with E-state index in [-0.39, 0.29) is 10.8 Å². The highest BCUT2D eigenvalue weighted by atomic mass is 79.9. The molecule has 0 spiro atoms. The average Bonchev–Trinajstić information content (AvgIpc) is 2.70. The Balaban J connectivity index is 2.23. The molecule has 4 nitrogen and oxygen atoms in total. The molecular weight excluding hydrogens is 342 g/mol. The Morgan fingerprint density at radius 2 is 1.90 bits per heavy atom. The summed E-state index contributed by atoms with van der Waals surface area (Å²) in [7, 11) is 0. The van der Waals surface area contributed by atoms with Crippen molar-refractivity contribution in [2.45, 2.75) is 13.8 Å². The van der Waals surface area contributed by atoms with E-state index in [1.807, 2.05) is 13.0 Å². The van der Waals surface area contributed by atoms with Gasteiger partial charge in [0.1, 0.15) is 4.88 Å². The number of aromatic carboxylic acids is 1. The molecule has 0 atom stereocenters. The largest absolute Gasteiger partial charge is 0.477 e. The molecule has 20 heavy (non-hydrogen) atoms. The number of amides is 1. The molecule has 104 valence electrons. The van der Waals surface area contributed by atoms with Crippen LogP contribution in [0.25, 0.3) is 0 Å². The van der Waals surface area contributed by atoms with Gasteiger partial charge in [-0.2, -0.15) is 0 Å². The Kier molecular flexibility index (Phi) is 4.25. The third kappa shape index (κ3) is 3.08. The molecule has 0 aliphatic heterocycles. The minimum absolute atomic E-state index is 0.242. The Labute approximate surface area is 128 Å². The number of anilines is 1. The van der Waals surface area contributed by atoms with Crippen molar-refractivity contribution in [3.8, 4) is 0 Å². The van der Waals surface area contributed by atoms with Crippen LogP contribution >= 0.6 is 27.3 Å². The van der Waals surface area contributed by atoms with Gasteiger partial charge >= 0.3 is 5.97 Å². The first-order valence-corrected chi connectivity index (χ1v) is 7.40. The van der Waals surface area contributed by atoms with Gasteiger partial charge in [-0.05, 0) is 49.2 Å². The molecule has 6 heteroatoms. The molecule has 0 fully saturated rings. The Morgan fingerprint density at radius 3 is 2.45 bits per heavy atom. The van der Waals surface area contributed by atoms with Gasteiger partial charge in [-0.25, -0.2) is 4.79 Å². The van der Waals surface area contributed by atoms with Crippen LogP contribution in [0.15, 0.2) is 28.7 Å². The van der Waals surface area contributed by atoms with Crippen molar-refractivity contribution < 1.29 is 14.7 Å². The SMILES string of the molecule is Cc1cc(Br)ccc1C(=O)Nc1cc(C)c(C(=O)O)s1. The number of carboxylic acid groups (broad SMARTS) is 1. The van der Waals surface area contributed by atoms with Gasteiger partial charge in [0.05, 0.1) is 5.00 Å². The summed E-state index contributed by atoms with van der Waals surface area (Å²) in [5.41, 5.74) is 2.06. The van der Waals surface area contributed by atoms with Gasteiger partial charge in [0.15, 0.2) is 0 Å². The number of halogens is 1. The maximum Gasteiger partial charge on any atom is 0.346 e. The molecule has 0 aliphatic carbocycles. The predicted octanol–water partition coefficient (Wildman–Crippen LogP) is 4.08. The van der Waals surface area contributed by atoms with Crippen molar-refractivity contribution in [3.05, 3.63) is 50.3 Å². The molecule has 0 aliphatic rings. The number of rotatable bonds is 3. The van der Waals surface area contributed by atoms with Crippen LogP contribution in [-0.2, 0) is 0 Å². The molecular formula is C14H12BrNO3S. The number of carboxylic acids is 1. The van der Waals surface area contributed by atoms with Crippen molar-refractivity contribution in [1.82, 2.24) is 0 Å². The molecule has 2 aromatic rings. The van der Waals surface area contributed by atoms with Crippen molar-refractivity contribution in [1.29, 1.82) is 0 Å². The van der Waals surface area contributed by atoms with Gasteiger partial charge in [-0.3, -0.25) is 4.79 Å². The second-order valence-electron chi connectivity index (χ2n) is 4.34. The number of benzene rings is 1. The molecule has 1 aromatic heterocycles. The maximum absolute atomic E-state index is 12.2. The van der Waals surface area contributed by atoms with Gasteiger partial charge in [0, 0.05) is 10.0 Å². The highest BCUT2D eigenvalue weighted by molar-refractivity contribution is 9.10. The first-order valence-electron chi connectivity index (χ1n) is 5.79. The molecule has 1 heterocycles. The smallest absolute Gasteiger partial charge is 0.346 e. The van der Waals surface area contributed by atoms with E-state index in [0.717, 1.165) is 21.4 Å². The van der Waals surface area contributed by atoms with E-state index >= 15 is 0 Å². The monoisotopic (exact) mass is 353 g/mol. The number of thiophene rings is 1. The lowest BCUT2D eigenvalue weighted by Crippen LogP contribution is -2.12. The van der Waals surface area contributed by atoms with E-state index in [4.69, 9.17) is 5.11 Å². The summed E-state index contributed by atoms with van der Waals surface area (Å²) in [6.45, 7) is 3.56. The second kappa shape index (κ2) is 5.76. The van der Waals surface area contributed by atoms with Gasteiger partial charge in [-0.1, -0.05) is 15.9 Å². The number of aryl methyl sites for hydroxylation is 2. The van der Waals surface area contributed by atoms with Gasteiger partial charge in [0.25, 0.3) is 5.91 Å². The molecule has 0 saturated heterocycles. The average molecular weight is 354 g/mol. The van der Waals surface area contributed by atoms with Crippen LogP contribution in [0.3, 0.4) is 0 Å². The van der Waals surface area contributed by atoms with Crippen LogP contribution in [0.2, 0.25) is 0 Å². The molecule has 2 N–H and O–H groups in total. The highest BCUT2D eigenvalue weighted by Crippen LogP contribution is 2.27. The number of nitrogens with one attached hydrogen (secondary N) is 1. The lowest BCUT2D eigenvalue weighted by Gasteiger charge is -2.06. The van der Waals surface area contributed by atoms with Crippen LogP contribution < -0.4 is 5.32 Å². The van der Waals surface area contributed by atoms with E-state index in [0.29, 0.717) is 16.1 Å². The minimum Gasteiger partial charge on any atom is -0.477 e. The molecule has 1 aromatic carbocycles. The first-order chi connectivity index (χ1) is 9.38. The van der Waals surface area contributed by atoms with Gasteiger partial charge in [0.2, 0.25) is 0 Å². The summed E-state index contributed by atoms with van der Waals surface area (Å²) in [6.07, 6.45) is 0. The summed E-state index contributed by atoms with van der Waals surface area (Å²) in [6, 6.07) is 7.05. The quantitative estimate of drug-likeness (QED) is 0.873. The van der Waals surface area contributed by atoms with E-state index in [2.05, 4.69) is 21.2 Å². The van der Waals surface area contributed by atoms with Crippen LogP contribution in [0.5, 0.6) is 0 Å². The van der Waals surface area contributed by atoms with E-state index < -0.39 is 5.97 Å². The fourth-order valence-electron chi connectivity index (χ4n) is 1.82. The zero-order valence-electron chi connectivity index (χ0n) is 10.9. The van der Waals surface area contributed by atoms with Crippen LogP contribution in [0.1, 0.15) is 31.2 Å². The van der Waals surface area contributed by atoms with E-state index in [9.17, 15) is 9.59 Å². The normalized spacial score (nSPS) is 10.3. The van der Waals surface area contributed by atoms with E-state index in [1.54, 1.807) is 25.1 Å². The molecule has 0 bridgehead atoms. The number of hydrogen-bond acceptors (Lipinski definition) is 3. The Hall–Kier alpha value is -1.66. The fraction of sp³-hybridized carbons (Fsp3) is 0.143. The zero-order valence-corrected chi connectivity index (χ0v) is 13.3. The van der Waals surface area contributed by atoms with Crippen molar-refractivity contribution in [2.24, 2.45) is 0 Å². The topological polar surface area (TPSA) is 66.4 Å². The van der Waals surface area contributed by atoms with Crippen molar-refractivity contribution in [2.75, 3.05) is 5.32 Å². The van der Waals surface area contributed by atoms with Gasteiger partial charge < -0.3 is 10.4 Å².